The summed E-state index contributed by atoms with van der Waals surface area (Å²) >= 11 is 0. The van der Waals surface area contributed by atoms with Gasteiger partial charge in [-0.25, -0.2) is 9.97 Å². The Balaban J connectivity index is 1.85. The van der Waals surface area contributed by atoms with Gasteiger partial charge in [0.15, 0.2) is 0 Å². The summed E-state index contributed by atoms with van der Waals surface area (Å²) < 4.78 is 0. The Labute approximate surface area is 142 Å². The lowest BCUT2D eigenvalue weighted by molar-refractivity contribution is 0.0644. The maximum Gasteiger partial charge on any atom is 0.255 e. The van der Waals surface area contributed by atoms with Crippen molar-refractivity contribution in [2.45, 2.75) is 38.8 Å². The van der Waals surface area contributed by atoms with E-state index in [-0.39, 0.29) is 11.9 Å². The molecule has 3 heterocycles. The first kappa shape index (κ1) is 16.5. The molecule has 0 radical (unpaired) electrons. The second-order valence-corrected chi connectivity index (χ2v) is 6.20. The van der Waals surface area contributed by atoms with Gasteiger partial charge in [0.05, 0.1) is 5.56 Å². The van der Waals surface area contributed by atoms with Crippen molar-refractivity contribution in [3.05, 3.63) is 53.9 Å². The standard InChI is InChI=1S/C18H23N5O/c1-14-4-5-16(11-22-14)18(24)23(12-15-9-20-13-21-10-15)17-3-2-7-19-8-6-17/h4-5,9-11,13,17,19H,2-3,6-8,12H2,1H3/t17-/m0/s1. The molecule has 6 heteroatoms. The van der Waals surface area contributed by atoms with Crippen LogP contribution >= 0.6 is 0 Å². The van der Waals surface area contributed by atoms with E-state index in [9.17, 15) is 4.79 Å². The monoisotopic (exact) mass is 325 g/mol. The van der Waals surface area contributed by atoms with Crippen molar-refractivity contribution in [2.24, 2.45) is 0 Å². The van der Waals surface area contributed by atoms with Crippen LogP contribution in [0.3, 0.4) is 0 Å². The van der Waals surface area contributed by atoms with Crippen LogP contribution in [0.5, 0.6) is 0 Å². The number of hydrogen-bond donors (Lipinski definition) is 1. The summed E-state index contributed by atoms with van der Waals surface area (Å²) in [5.41, 5.74) is 2.49. The molecule has 1 aliphatic rings. The van der Waals surface area contributed by atoms with Crippen molar-refractivity contribution < 1.29 is 4.79 Å². The Morgan fingerprint density at radius 3 is 2.79 bits per heavy atom. The predicted octanol–water partition coefficient (Wildman–Crippen LogP) is 1.96. The fourth-order valence-corrected chi connectivity index (χ4v) is 3.05. The zero-order chi connectivity index (χ0) is 16.8. The summed E-state index contributed by atoms with van der Waals surface area (Å²) in [6.45, 7) is 4.40. The van der Waals surface area contributed by atoms with E-state index in [0.717, 1.165) is 43.6 Å². The van der Waals surface area contributed by atoms with Gasteiger partial charge in [-0.2, -0.15) is 0 Å². The molecule has 0 spiro atoms. The lowest BCUT2D eigenvalue weighted by atomic mass is 10.0. The second kappa shape index (κ2) is 7.97. The molecule has 1 saturated heterocycles. The van der Waals surface area contributed by atoms with Gasteiger partial charge in [-0.15, -0.1) is 0 Å². The molecule has 0 unspecified atom stereocenters. The summed E-state index contributed by atoms with van der Waals surface area (Å²) in [5.74, 6) is 0.0262. The quantitative estimate of drug-likeness (QED) is 0.930. The van der Waals surface area contributed by atoms with Crippen LogP contribution < -0.4 is 5.32 Å². The van der Waals surface area contributed by atoms with Gasteiger partial charge < -0.3 is 10.2 Å². The van der Waals surface area contributed by atoms with Crippen molar-refractivity contribution in [2.75, 3.05) is 13.1 Å². The van der Waals surface area contributed by atoms with Crippen molar-refractivity contribution in [3.63, 3.8) is 0 Å². The number of hydrogen-bond acceptors (Lipinski definition) is 5. The minimum atomic E-state index is 0.0262. The zero-order valence-corrected chi connectivity index (χ0v) is 14.0. The smallest absolute Gasteiger partial charge is 0.255 e. The van der Waals surface area contributed by atoms with Crippen LogP contribution in [0.15, 0.2) is 37.1 Å². The highest BCUT2D eigenvalue weighted by atomic mass is 16.2. The number of carbonyl (C=O) groups excluding carboxylic acids is 1. The lowest BCUT2D eigenvalue weighted by Gasteiger charge is -2.31. The fraction of sp³-hybridized carbons (Fsp3) is 0.444. The number of aromatic nitrogens is 3. The highest BCUT2D eigenvalue weighted by molar-refractivity contribution is 5.94. The third-order valence-electron chi connectivity index (χ3n) is 4.37. The fourth-order valence-electron chi connectivity index (χ4n) is 3.05. The second-order valence-electron chi connectivity index (χ2n) is 6.20. The third kappa shape index (κ3) is 4.14. The van der Waals surface area contributed by atoms with Crippen LogP contribution in [0.4, 0.5) is 0 Å². The van der Waals surface area contributed by atoms with Gasteiger partial charge in [-0.05, 0) is 51.4 Å². The topological polar surface area (TPSA) is 71.0 Å². The van der Waals surface area contributed by atoms with E-state index in [2.05, 4.69) is 20.3 Å². The van der Waals surface area contributed by atoms with E-state index in [1.807, 2.05) is 24.0 Å². The number of nitrogens with one attached hydrogen (secondary N) is 1. The van der Waals surface area contributed by atoms with Crippen LogP contribution in [0.25, 0.3) is 0 Å². The van der Waals surface area contributed by atoms with Crippen LogP contribution in [0, 0.1) is 6.92 Å². The van der Waals surface area contributed by atoms with Crippen molar-refractivity contribution in [1.29, 1.82) is 0 Å². The predicted molar refractivity (Wildman–Crippen MR) is 91.4 cm³/mol. The number of pyridine rings is 1. The van der Waals surface area contributed by atoms with Gasteiger partial charge in [0.2, 0.25) is 0 Å². The van der Waals surface area contributed by atoms with E-state index in [0.29, 0.717) is 12.1 Å². The summed E-state index contributed by atoms with van der Waals surface area (Å²) in [4.78, 5) is 27.5. The minimum Gasteiger partial charge on any atom is -0.331 e. The van der Waals surface area contributed by atoms with E-state index in [4.69, 9.17) is 0 Å². The largest absolute Gasteiger partial charge is 0.331 e. The van der Waals surface area contributed by atoms with Gasteiger partial charge in [0.25, 0.3) is 5.91 Å². The molecule has 2 aromatic rings. The SMILES string of the molecule is Cc1ccc(C(=O)N(Cc2cncnc2)[C@H]2CCCNCC2)cn1. The molecule has 0 bridgehead atoms. The normalized spacial score (nSPS) is 18.0. The number of carbonyl (C=O) groups is 1. The number of rotatable bonds is 4. The summed E-state index contributed by atoms with van der Waals surface area (Å²) in [7, 11) is 0. The maximum atomic E-state index is 13.1. The molecule has 0 aliphatic carbocycles. The highest BCUT2D eigenvalue weighted by Gasteiger charge is 2.26. The Bertz CT molecular complexity index is 651. The Hall–Kier alpha value is -2.34. The summed E-state index contributed by atoms with van der Waals surface area (Å²) in [6, 6.07) is 3.95. The molecule has 0 saturated carbocycles. The molecule has 1 amide bonds. The molecular weight excluding hydrogens is 302 g/mol. The molecule has 6 nitrogen and oxygen atoms in total. The van der Waals surface area contributed by atoms with Crippen LogP contribution in [-0.4, -0.2) is 44.9 Å². The molecule has 1 aliphatic heterocycles. The number of nitrogens with zero attached hydrogens (tertiary/aromatic N) is 4. The maximum absolute atomic E-state index is 13.1. The Kier molecular flexibility index (Phi) is 5.48. The lowest BCUT2D eigenvalue weighted by Crippen LogP contribution is -2.40. The van der Waals surface area contributed by atoms with Gasteiger partial charge in [-0.1, -0.05) is 0 Å². The van der Waals surface area contributed by atoms with Crippen LogP contribution in [0.1, 0.15) is 40.9 Å². The molecule has 1 atom stereocenters. The van der Waals surface area contributed by atoms with Crippen molar-refractivity contribution >= 4 is 5.91 Å². The zero-order valence-electron chi connectivity index (χ0n) is 14.0. The Morgan fingerprint density at radius 2 is 2.04 bits per heavy atom. The number of amides is 1. The first-order valence-electron chi connectivity index (χ1n) is 8.42. The highest BCUT2D eigenvalue weighted by Crippen LogP contribution is 2.19. The molecular formula is C18H23N5O. The minimum absolute atomic E-state index is 0.0262. The first-order chi connectivity index (χ1) is 11.7. The van der Waals surface area contributed by atoms with Crippen molar-refractivity contribution in [3.8, 4) is 0 Å². The summed E-state index contributed by atoms with van der Waals surface area (Å²) in [5, 5.41) is 3.41. The van der Waals surface area contributed by atoms with Gasteiger partial charge in [0, 0.05) is 42.4 Å². The Morgan fingerprint density at radius 1 is 1.21 bits per heavy atom. The van der Waals surface area contributed by atoms with Crippen LogP contribution in [0.2, 0.25) is 0 Å². The molecule has 2 aromatic heterocycles. The molecule has 1 N–H and O–H groups in total. The van der Waals surface area contributed by atoms with Gasteiger partial charge >= 0.3 is 0 Å². The molecule has 0 aromatic carbocycles. The van der Waals surface area contributed by atoms with Gasteiger partial charge in [0.1, 0.15) is 6.33 Å². The first-order valence-corrected chi connectivity index (χ1v) is 8.42. The average molecular weight is 325 g/mol. The summed E-state index contributed by atoms with van der Waals surface area (Å²) in [6.07, 6.45) is 9.76. The number of aryl methyl sites for hydroxylation is 1. The molecule has 24 heavy (non-hydrogen) atoms. The third-order valence-corrected chi connectivity index (χ3v) is 4.37. The average Bonchev–Trinajstić information content (AvgIpc) is 2.90. The molecule has 3 rings (SSSR count). The van der Waals surface area contributed by atoms with E-state index >= 15 is 0 Å². The van der Waals surface area contributed by atoms with E-state index < -0.39 is 0 Å². The van der Waals surface area contributed by atoms with E-state index in [1.54, 1.807) is 18.6 Å². The van der Waals surface area contributed by atoms with Crippen LogP contribution in [-0.2, 0) is 6.54 Å². The van der Waals surface area contributed by atoms with E-state index in [1.165, 1.54) is 6.33 Å². The molecule has 126 valence electrons. The van der Waals surface area contributed by atoms with Crippen molar-refractivity contribution in [1.82, 2.24) is 25.2 Å². The molecule has 1 fully saturated rings. The van der Waals surface area contributed by atoms with Gasteiger partial charge in [-0.3, -0.25) is 9.78 Å².